The Labute approximate surface area is 131 Å². The smallest absolute Gasteiger partial charge is 0.125 e. The van der Waals surface area contributed by atoms with Crippen molar-refractivity contribution in [3.63, 3.8) is 0 Å². The first-order chi connectivity index (χ1) is 10.1. The zero-order valence-corrected chi connectivity index (χ0v) is 13.8. The average Bonchev–Trinajstić information content (AvgIpc) is 3.23. The van der Waals surface area contributed by atoms with Crippen molar-refractivity contribution in [2.24, 2.45) is 5.92 Å². The lowest BCUT2D eigenvalue weighted by atomic mass is 10.0. The highest BCUT2D eigenvalue weighted by atomic mass is 32.1. The first-order valence-electron chi connectivity index (χ1n) is 7.76. The molecule has 2 aromatic rings. The summed E-state index contributed by atoms with van der Waals surface area (Å²) in [7, 11) is 0. The molecular formula is C17H23N3S. The van der Waals surface area contributed by atoms with Gasteiger partial charge in [0.1, 0.15) is 5.01 Å². The Bertz CT molecular complexity index is 575. The van der Waals surface area contributed by atoms with Crippen molar-refractivity contribution in [2.75, 3.05) is 0 Å². The highest BCUT2D eigenvalue weighted by Gasteiger charge is 2.33. The minimum atomic E-state index is 0.626. The fraction of sp³-hybridized carbons (Fsp3) is 0.529. The molecule has 1 fully saturated rings. The van der Waals surface area contributed by atoms with Gasteiger partial charge in [0.05, 0.1) is 0 Å². The molecule has 1 saturated carbocycles. The summed E-state index contributed by atoms with van der Waals surface area (Å²) in [5.41, 5.74) is 1.11. The average molecular weight is 301 g/mol. The van der Waals surface area contributed by atoms with Gasteiger partial charge in [-0.2, -0.15) is 0 Å². The van der Waals surface area contributed by atoms with Gasteiger partial charge in [-0.15, -0.1) is 11.3 Å². The molecule has 3 nitrogen and oxygen atoms in total. The van der Waals surface area contributed by atoms with Crippen molar-refractivity contribution in [1.29, 1.82) is 0 Å². The number of hydrogen-bond acceptors (Lipinski definition) is 4. The summed E-state index contributed by atoms with van der Waals surface area (Å²) in [6.45, 7) is 8.01. The molecular weight excluding hydrogens is 278 g/mol. The molecule has 0 amide bonds. The van der Waals surface area contributed by atoms with Crippen LogP contribution in [0.1, 0.15) is 38.5 Å². The molecule has 2 aromatic heterocycles. The predicted octanol–water partition coefficient (Wildman–Crippen LogP) is 4.21. The van der Waals surface area contributed by atoms with Crippen molar-refractivity contribution in [2.45, 2.75) is 52.2 Å². The normalized spacial score (nSPS) is 16.6. The molecule has 3 rings (SSSR count). The van der Waals surface area contributed by atoms with E-state index in [4.69, 9.17) is 0 Å². The summed E-state index contributed by atoms with van der Waals surface area (Å²) in [4.78, 5) is 12.8. The third kappa shape index (κ3) is 3.50. The largest absolute Gasteiger partial charge is 0.292 e. The maximum atomic E-state index is 4.58. The number of pyridine rings is 1. The van der Waals surface area contributed by atoms with E-state index in [9.17, 15) is 0 Å². The maximum Gasteiger partial charge on any atom is 0.125 e. The van der Waals surface area contributed by atoms with E-state index in [-0.39, 0.29) is 0 Å². The van der Waals surface area contributed by atoms with Crippen LogP contribution in [0.25, 0.3) is 10.6 Å². The topological polar surface area (TPSA) is 29.0 Å². The maximum absolute atomic E-state index is 4.58. The van der Waals surface area contributed by atoms with Crippen LogP contribution in [-0.4, -0.2) is 27.0 Å². The van der Waals surface area contributed by atoms with Crippen LogP contribution in [-0.2, 0) is 6.54 Å². The van der Waals surface area contributed by atoms with Crippen molar-refractivity contribution < 1.29 is 0 Å². The first kappa shape index (κ1) is 14.7. The summed E-state index contributed by atoms with van der Waals surface area (Å²) in [6, 6.07) is 5.45. The highest BCUT2D eigenvalue weighted by Crippen LogP contribution is 2.34. The van der Waals surface area contributed by atoms with Gasteiger partial charge in [-0.25, -0.2) is 4.98 Å². The Hall–Kier alpha value is -1.26. The van der Waals surface area contributed by atoms with Crippen LogP contribution in [0.2, 0.25) is 0 Å². The molecule has 21 heavy (non-hydrogen) atoms. The Morgan fingerprint density at radius 2 is 2.10 bits per heavy atom. The van der Waals surface area contributed by atoms with E-state index in [1.165, 1.54) is 17.7 Å². The van der Waals surface area contributed by atoms with Crippen LogP contribution in [0.4, 0.5) is 0 Å². The molecule has 0 aliphatic heterocycles. The van der Waals surface area contributed by atoms with E-state index in [1.54, 1.807) is 17.5 Å². The van der Waals surface area contributed by atoms with E-state index in [0.29, 0.717) is 12.0 Å². The Balaban J connectivity index is 1.74. The molecule has 0 unspecified atom stereocenters. The van der Waals surface area contributed by atoms with Crippen LogP contribution >= 0.6 is 11.3 Å². The molecule has 1 aliphatic carbocycles. The quantitative estimate of drug-likeness (QED) is 0.800. The summed E-state index contributed by atoms with van der Waals surface area (Å²) in [5.74, 6) is 0.691. The second kappa shape index (κ2) is 6.24. The van der Waals surface area contributed by atoms with Crippen molar-refractivity contribution in [3.8, 4) is 10.6 Å². The molecule has 0 radical (unpaired) electrons. The van der Waals surface area contributed by atoms with Gasteiger partial charge >= 0.3 is 0 Å². The standard InChI is InChI=1S/C17H23N3S/c1-12(2)13(3)20(15-6-7-15)11-16-10-19-17(21-16)14-5-4-8-18-9-14/h4-5,8-10,12-13,15H,6-7,11H2,1-3H3/t13-/m1/s1. The number of thiazole rings is 1. The Morgan fingerprint density at radius 1 is 1.29 bits per heavy atom. The summed E-state index contributed by atoms with van der Waals surface area (Å²) in [6.07, 6.45) is 8.43. The van der Waals surface area contributed by atoms with Gasteiger partial charge in [0, 0.05) is 47.7 Å². The number of rotatable bonds is 6. The molecule has 0 N–H and O–H groups in total. The first-order valence-corrected chi connectivity index (χ1v) is 8.57. The Kier molecular flexibility index (Phi) is 4.36. The van der Waals surface area contributed by atoms with Gasteiger partial charge in [-0.05, 0) is 37.8 Å². The third-order valence-electron chi connectivity index (χ3n) is 4.30. The molecule has 1 atom stereocenters. The summed E-state index contributed by atoms with van der Waals surface area (Å²) >= 11 is 1.80. The highest BCUT2D eigenvalue weighted by molar-refractivity contribution is 7.15. The van der Waals surface area contributed by atoms with Crippen molar-refractivity contribution >= 4 is 11.3 Å². The van der Waals surface area contributed by atoms with Gasteiger partial charge in [0.15, 0.2) is 0 Å². The second-order valence-corrected chi connectivity index (χ2v) is 7.38. The summed E-state index contributed by atoms with van der Waals surface area (Å²) in [5, 5.41) is 1.08. The number of hydrogen-bond donors (Lipinski definition) is 0. The molecule has 0 spiro atoms. The third-order valence-corrected chi connectivity index (χ3v) is 5.34. The van der Waals surface area contributed by atoms with Crippen LogP contribution in [0.5, 0.6) is 0 Å². The lowest BCUT2D eigenvalue weighted by Gasteiger charge is -2.31. The van der Waals surface area contributed by atoms with Crippen LogP contribution in [0, 0.1) is 5.92 Å². The Morgan fingerprint density at radius 3 is 2.71 bits per heavy atom. The zero-order valence-electron chi connectivity index (χ0n) is 13.0. The summed E-state index contributed by atoms with van der Waals surface area (Å²) < 4.78 is 0. The minimum Gasteiger partial charge on any atom is -0.292 e. The molecule has 0 bridgehead atoms. The van der Waals surface area contributed by atoms with E-state index in [0.717, 1.165) is 23.2 Å². The molecule has 0 aromatic carbocycles. The fourth-order valence-electron chi connectivity index (χ4n) is 2.58. The number of nitrogens with zero attached hydrogens (tertiary/aromatic N) is 3. The van der Waals surface area contributed by atoms with Gasteiger partial charge in [0.2, 0.25) is 0 Å². The molecule has 0 saturated heterocycles. The van der Waals surface area contributed by atoms with Crippen LogP contribution in [0.3, 0.4) is 0 Å². The van der Waals surface area contributed by atoms with Gasteiger partial charge in [0.25, 0.3) is 0 Å². The lowest BCUT2D eigenvalue weighted by molar-refractivity contribution is 0.152. The number of aromatic nitrogens is 2. The molecule has 1 aliphatic rings. The molecule has 112 valence electrons. The van der Waals surface area contributed by atoms with Crippen LogP contribution < -0.4 is 0 Å². The predicted molar refractivity (Wildman–Crippen MR) is 88.2 cm³/mol. The van der Waals surface area contributed by atoms with Gasteiger partial charge in [-0.1, -0.05) is 13.8 Å². The van der Waals surface area contributed by atoms with Crippen molar-refractivity contribution in [1.82, 2.24) is 14.9 Å². The second-order valence-electron chi connectivity index (χ2n) is 6.26. The van der Waals surface area contributed by atoms with Gasteiger partial charge < -0.3 is 0 Å². The van der Waals surface area contributed by atoms with E-state index in [1.807, 2.05) is 18.5 Å². The van der Waals surface area contributed by atoms with E-state index in [2.05, 4.69) is 41.7 Å². The van der Waals surface area contributed by atoms with E-state index >= 15 is 0 Å². The zero-order chi connectivity index (χ0) is 14.8. The molecule has 4 heteroatoms. The van der Waals surface area contributed by atoms with Crippen LogP contribution in [0.15, 0.2) is 30.7 Å². The monoisotopic (exact) mass is 301 g/mol. The van der Waals surface area contributed by atoms with E-state index < -0.39 is 0 Å². The van der Waals surface area contributed by atoms with Crippen molar-refractivity contribution in [3.05, 3.63) is 35.6 Å². The SMILES string of the molecule is CC(C)[C@@H](C)N(Cc1cnc(-c2cccnc2)s1)C1CC1. The lowest BCUT2D eigenvalue weighted by Crippen LogP contribution is -2.37. The minimum absolute atomic E-state index is 0.626. The van der Waals surface area contributed by atoms with Gasteiger partial charge in [-0.3, -0.25) is 9.88 Å². The molecule has 2 heterocycles. The fourth-order valence-corrected chi connectivity index (χ4v) is 3.49.